The number of aryl methyl sites for hydroxylation is 1. The van der Waals surface area contributed by atoms with E-state index in [1.54, 1.807) is 6.20 Å². The summed E-state index contributed by atoms with van der Waals surface area (Å²) in [5.41, 5.74) is 7.70. The molecule has 0 radical (unpaired) electrons. The van der Waals surface area contributed by atoms with Gasteiger partial charge in [0, 0.05) is 18.8 Å². The van der Waals surface area contributed by atoms with Gasteiger partial charge in [-0.2, -0.15) is 0 Å². The third kappa shape index (κ3) is 3.70. The van der Waals surface area contributed by atoms with Gasteiger partial charge >= 0.3 is 6.03 Å². The van der Waals surface area contributed by atoms with E-state index in [0.29, 0.717) is 25.0 Å². The van der Waals surface area contributed by atoms with Crippen molar-refractivity contribution in [1.29, 1.82) is 0 Å². The molecule has 0 saturated heterocycles. The molecule has 2 amide bonds. The average molecular weight is 248 g/mol. The maximum absolute atomic E-state index is 11.5. The van der Waals surface area contributed by atoms with Gasteiger partial charge in [0.25, 0.3) is 0 Å². The lowest BCUT2D eigenvalue weighted by molar-refractivity contribution is 0.224. The highest BCUT2D eigenvalue weighted by Gasteiger charge is 2.25. The summed E-state index contributed by atoms with van der Waals surface area (Å²) in [5, 5.41) is 5.65. The topological polar surface area (TPSA) is 80.0 Å². The predicted octanol–water partition coefficient (Wildman–Crippen LogP) is 0.927. The second-order valence-electron chi connectivity index (χ2n) is 4.99. The number of carbonyl (C=O) groups excluding carboxylic acids is 1. The summed E-state index contributed by atoms with van der Waals surface area (Å²) in [4.78, 5) is 15.7. The van der Waals surface area contributed by atoms with Crippen molar-refractivity contribution in [3.63, 3.8) is 0 Å². The zero-order valence-electron chi connectivity index (χ0n) is 10.6. The van der Waals surface area contributed by atoms with Crippen LogP contribution >= 0.6 is 0 Å². The third-order valence-electron chi connectivity index (χ3n) is 3.23. The third-order valence-corrected chi connectivity index (χ3v) is 3.23. The van der Waals surface area contributed by atoms with Gasteiger partial charge in [-0.3, -0.25) is 4.98 Å². The molecule has 1 aromatic heterocycles. The van der Waals surface area contributed by atoms with Crippen LogP contribution in [0.25, 0.3) is 0 Å². The van der Waals surface area contributed by atoms with E-state index in [4.69, 9.17) is 5.73 Å². The van der Waals surface area contributed by atoms with E-state index in [0.717, 1.165) is 24.1 Å². The summed E-state index contributed by atoms with van der Waals surface area (Å²) < 4.78 is 0. The molecule has 0 atom stereocenters. The zero-order valence-corrected chi connectivity index (χ0v) is 10.6. The van der Waals surface area contributed by atoms with Gasteiger partial charge in [-0.05, 0) is 43.4 Å². The fourth-order valence-corrected chi connectivity index (χ4v) is 2.12. The summed E-state index contributed by atoms with van der Waals surface area (Å²) in [6.07, 6.45) is 3.78. The van der Waals surface area contributed by atoms with E-state index in [-0.39, 0.29) is 6.03 Å². The van der Waals surface area contributed by atoms with Crippen LogP contribution in [0.15, 0.2) is 18.3 Å². The molecule has 98 valence electrons. The molecule has 5 heteroatoms. The Labute approximate surface area is 107 Å². The summed E-state index contributed by atoms with van der Waals surface area (Å²) in [5.74, 6) is 0.544. The molecule has 18 heavy (non-hydrogen) atoms. The Morgan fingerprint density at radius 2 is 2.28 bits per heavy atom. The number of nitrogens with two attached hydrogens (primary N) is 1. The minimum atomic E-state index is -0.140. The largest absolute Gasteiger partial charge is 0.338 e. The van der Waals surface area contributed by atoms with Crippen LogP contribution in [-0.4, -0.2) is 23.6 Å². The lowest BCUT2D eigenvalue weighted by atomic mass is 9.81. The van der Waals surface area contributed by atoms with E-state index in [2.05, 4.69) is 15.6 Å². The predicted molar refractivity (Wildman–Crippen MR) is 69.9 cm³/mol. The Morgan fingerprint density at radius 3 is 2.94 bits per heavy atom. The number of hydrogen-bond donors (Lipinski definition) is 3. The van der Waals surface area contributed by atoms with E-state index in [9.17, 15) is 4.79 Å². The SMILES string of the molecule is Cc1ccnc(CNC(=O)NCC2CC(N)C2)c1. The van der Waals surface area contributed by atoms with Crippen molar-refractivity contribution in [2.24, 2.45) is 11.7 Å². The lowest BCUT2D eigenvalue weighted by Gasteiger charge is -2.32. The summed E-state index contributed by atoms with van der Waals surface area (Å²) in [6.45, 7) is 3.17. The van der Waals surface area contributed by atoms with Gasteiger partial charge in [0.15, 0.2) is 0 Å². The molecule has 1 heterocycles. The molecule has 1 aliphatic rings. The molecule has 1 saturated carbocycles. The number of nitrogens with one attached hydrogen (secondary N) is 2. The van der Waals surface area contributed by atoms with Gasteiger partial charge in [0.1, 0.15) is 0 Å². The van der Waals surface area contributed by atoms with Gasteiger partial charge in [-0.15, -0.1) is 0 Å². The monoisotopic (exact) mass is 248 g/mol. The number of rotatable bonds is 4. The number of urea groups is 1. The smallest absolute Gasteiger partial charge is 0.315 e. The molecule has 4 N–H and O–H groups in total. The average Bonchev–Trinajstić information content (AvgIpc) is 2.31. The first-order valence-corrected chi connectivity index (χ1v) is 6.32. The molecule has 1 aromatic rings. The first-order chi connectivity index (χ1) is 8.63. The van der Waals surface area contributed by atoms with Gasteiger partial charge in [0.2, 0.25) is 0 Å². The maximum atomic E-state index is 11.5. The molecular formula is C13H20N4O. The van der Waals surface area contributed by atoms with Crippen LogP contribution < -0.4 is 16.4 Å². The van der Waals surface area contributed by atoms with E-state index >= 15 is 0 Å². The van der Waals surface area contributed by atoms with Crippen molar-refractivity contribution in [3.8, 4) is 0 Å². The van der Waals surface area contributed by atoms with Gasteiger partial charge in [0.05, 0.1) is 12.2 Å². The molecule has 0 spiro atoms. The van der Waals surface area contributed by atoms with Crippen LogP contribution in [0.1, 0.15) is 24.1 Å². The number of aromatic nitrogens is 1. The first kappa shape index (κ1) is 12.8. The second kappa shape index (κ2) is 5.82. The molecule has 1 fully saturated rings. The van der Waals surface area contributed by atoms with E-state index in [1.807, 2.05) is 19.1 Å². The maximum Gasteiger partial charge on any atom is 0.315 e. The molecule has 0 unspecified atom stereocenters. The van der Waals surface area contributed by atoms with Crippen molar-refractivity contribution >= 4 is 6.03 Å². The van der Waals surface area contributed by atoms with Crippen LogP contribution in [0.3, 0.4) is 0 Å². The Hall–Kier alpha value is -1.62. The van der Waals surface area contributed by atoms with E-state index in [1.165, 1.54) is 0 Å². The molecule has 5 nitrogen and oxygen atoms in total. The lowest BCUT2D eigenvalue weighted by Crippen LogP contribution is -2.45. The quantitative estimate of drug-likeness (QED) is 0.741. The van der Waals surface area contributed by atoms with Crippen molar-refractivity contribution in [2.75, 3.05) is 6.54 Å². The highest BCUT2D eigenvalue weighted by Crippen LogP contribution is 2.24. The van der Waals surface area contributed by atoms with E-state index < -0.39 is 0 Å². The number of amides is 2. The van der Waals surface area contributed by atoms with Crippen molar-refractivity contribution < 1.29 is 4.79 Å². The van der Waals surface area contributed by atoms with Gasteiger partial charge in [-0.1, -0.05) is 0 Å². The molecule has 1 aliphatic carbocycles. The van der Waals surface area contributed by atoms with Gasteiger partial charge < -0.3 is 16.4 Å². The number of pyridine rings is 1. The van der Waals surface area contributed by atoms with Crippen LogP contribution in [0.5, 0.6) is 0 Å². The Balaban J connectivity index is 1.65. The number of hydrogen-bond acceptors (Lipinski definition) is 3. The summed E-state index contributed by atoms with van der Waals surface area (Å²) in [6, 6.07) is 4.09. The molecule has 0 aromatic carbocycles. The van der Waals surface area contributed by atoms with Gasteiger partial charge in [-0.25, -0.2) is 4.79 Å². The number of carbonyl (C=O) groups is 1. The second-order valence-corrected chi connectivity index (χ2v) is 4.99. The standard InChI is InChI=1S/C13H20N4O/c1-9-2-3-15-12(4-9)8-17-13(18)16-7-10-5-11(14)6-10/h2-4,10-11H,5-8,14H2,1H3,(H2,16,17,18). The summed E-state index contributed by atoms with van der Waals surface area (Å²) in [7, 11) is 0. The van der Waals surface area contributed by atoms with Crippen LogP contribution in [-0.2, 0) is 6.54 Å². The molecule has 0 aliphatic heterocycles. The highest BCUT2D eigenvalue weighted by molar-refractivity contribution is 5.73. The fourth-order valence-electron chi connectivity index (χ4n) is 2.12. The fraction of sp³-hybridized carbons (Fsp3) is 0.538. The van der Waals surface area contributed by atoms with Crippen molar-refractivity contribution in [3.05, 3.63) is 29.6 Å². The van der Waals surface area contributed by atoms with Crippen LogP contribution in [0, 0.1) is 12.8 Å². The van der Waals surface area contributed by atoms with Crippen molar-refractivity contribution in [1.82, 2.24) is 15.6 Å². The normalized spacial score (nSPS) is 22.1. The molecular weight excluding hydrogens is 228 g/mol. The zero-order chi connectivity index (χ0) is 13.0. The first-order valence-electron chi connectivity index (χ1n) is 6.32. The highest BCUT2D eigenvalue weighted by atomic mass is 16.2. The Morgan fingerprint density at radius 1 is 1.50 bits per heavy atom. The molecule has 0 bridgehead atoms. The minimum absolute atomic E-state index is 0.140. The number of nitrogens with zero attached hydrogens (tertiary/aromatic N) is 1. The Bertz CT molecular complexity index is 415. The van der Waals surface area contributed by atoms with Crippen molar-refractivity contribution in [2.45, 2.75) is 32.4 Å². The minimum Gasteiger partial charge on any atom is -0.338 e. The molecule has 2 rings (SSSR count). The Kier molecular flexibility index (Phi) is 4.15. The van der Waals surface area contributed by atoms with Crippen LogP contribution in [0.2, 0.25) is 0 Å². The summed E-state index contributed by atoms with van der Waals surface area (Å²) >= 11 is 0. The van der Waals surface area contributed by atoms with Crippen LogP contribution in [0.4, 0.5) is 4.79 Å².